The van der Waals surface area contributed by atoms with E-state index in [9.17, 15) is 10.2 Å². The van der Waals surface area contributed by atoms with Crippen molar-refractivity contribution in [2.75, 3.05) is 24.7 Å². The van der Waals surface area contributed by atoms with E-state index >= 15 is 0 Å². The Kier molecular flexibility index (Phi) is 3.30. The number of hydrogen-bond acceptors (Lipinski definition) is 4. The molecular formula is C12H22O3S. The van der Waals surface area contributed by atoms with Gasteiger partial charge < -0.3 is 14.9 Å². The van der Waals surface area contributed by atoms with Gasteiger partial charge in [0.1, 0.15) is 0 Å². The topological polar surface area (TPSA) is 49.7 Å². The van der Waals surface area contributed by atoms with E-state index in [0.717, 1.165) is 24.3 Å². The lowest BCUT2D eigenvalue weighted by Gasteiger charge is -2.46. The highest BCUT2D eigenvalue weighted by molar-refractivity contribution is 7.99. The number of thioether (sulfide) groups is 1. The molecule has 0 amide bonds. The summed E-state index contributed by atoms with van der Waals surface area (Å²) in [4.78, 5) is 0. The van der Waals surface area contributed by atoms with Crippen molar-refractivity contribution in [2.24, 2.45) is 5.41 Å². The summed E-state index contributed by atoms with van der Waals surface area (Å²) in [6.07, 6.45) is 2.42. The van der Waals surface area contributed by atoms with Gasteiger partial charge in [-0.25, -0.2) is 0 Å². The molecule has 0 aromatic heterocycles. The van der Waals surface area contributed by atoms with Crippen LogP contribution in [0.25, 0.3) is 0 Å². The van der Waals surface area contributed by atoms with Gasteiger partial charge in [-0.05, 0) is 38.2 Å². The monoisotopic (exact) mass is 246 g/mol. The van der Waals surface area contributed by atoms with E-state index in [1.807, 2.05) is 25.6 Å². The molecule has 1 unspecified atom stereocenters. The fourth-order valence-electron chi connectivity index (χ4n) is 2.99. The molecule has 2 saturated heterocycles. The predicted molar refractivity (Wildman–Crippen MR) is 65.7 cm³/mol. The van der Waals surface area contributed by atoms with E-state index in [0.29, 0.717) is 13.0 Å². The molecule has 0 radical (unpaired) electrons. The molecule has 0 aromatic rings. The summed E-state index contributed by atoms with van der Waals surface area (Å²) in [5.74, 6) is 2.06. The second-order valence-electron chi connectivity index (χ2n) is 5.81. The average Bonchev–Trinajstić information content (AvgIpc) is 2.55. The van der Waals surface area contributed by atoms with Crippen molar-refractivity contribution < 1.29 is 14.9 Å². The third-order valence-corrected chi connectivity index (χ3v) is 5.15. The number of rotatable bonds is 2. The van der Waals surface area contributed by atoms with E-state index in [4.69, 9.17) is 4.74 Å². The van der Waals surface area contributed by atoms with Gasteiger partial charge in [-0.2, -0.15) is 11.8 Å². The Balaban J connectivity index is 2.20. The molecule has 0 saturated carbocycles. The fourth-order valence-corrected chi connectivity index (χ4v) is 4.27. The van der Waals surface area contributed by atoms with Crippen LogP contribution in [0.3, 0.4) is 0 Å². The van der Waals surface area contributed by atoms with Gasteiger partial charge >= 0.3 is 0 Å². The maximum atomic E-state index is 10.8. The zero-order chi connectivity index (χ0) is 11.9. The molecule has 0 aliphatic carbocycles. The van der Waals surface area contributed by atoms with Crippen molar-refractivity contribution in [1.82, 2.24) is 0 Å². The van der Waals surface area contributed by atoms with Gasteiger partial charge in [0.15, 0.2) is 0 Å². The van der Waals surface area contributed by atoms with Crippen LogP contribution in [0.5, 0.6) is 0 Å². The Hall–Kier alpha value is 0.230. The molecule has 0 spiro atoms. The Morgan fingerprint density at radius 1 is 1.25 bits per heavy atom. The third-order valence-electron chi connectivity index (χ3n) is 4.16. The van der Waals surface area contributed by atoms with Gasteiger partial charge in [0.2, 0.25) is 0 Å². The first kappa shape index (κ1) is 12.7. The molecule has 2 aliphatic rings. The highest BCUT2D eigenvalue weighted by atomic mass is 32.2. The number of hydrogen-bond donors (Lipinski definition) is 2. The minimum Gasteiger partial charge on any atom is -0.396 e. The van der Waals surface area contributed by atoms with Crippen LogP contribution >= 0.6 is 11.8 Å². The molecule has 3 nitrogen and oxygen atoms in total. The van der Waals surface area contributed by atoms with Gasteiger partial charge in [-0.1, -0.05) is 0 Å². The molecule has 2 heterocycles. The van der Waals surface area contributed by atoms with Gasteiger partial charge in [-0.15, -0.1) is 0 Å². The van der Waals surface area contributed by atoms with Crippen LogP contribution in [0, 0.1) is 5.41 Å². The van der Waals surface area contributed by atoms with Crippen LogP contribution < -0.4 is 0 Å². The van der Waals surface area contributed by atoms with E-state index in [1.54, 1.807) is 0 Å². The van der Waals surface area contributed by atoms with E-state index in [2.05, 4.69) is 0 Å². The standard InChI is InChI=1S/C12H22O3S/c1-10(2)7-12(14,9-15-10)11(8-13)3-5-16-6-4-11/h13-14H,3-9H2,1-2H3. The van der Waals surface area contributed by atoms with Crippen molar-refractivity contribution >= 4 is 11.8 Å². The lowest BCUT2D eigenvalue weighted by atomic mass is 9.66. The van der Waals surface area contributed by atoms with Crippen molar-refractivity contribution in [2.45, 2.75) is 44.3 Å². The van der Waals surface area contributed by atoms with E-state index in [1.165, 1.54) is 0 Å². The smallest absolute Gasteiger partial charge is 0.0985 e. The van der Waals surface area contributed by atoms with E-state index < -0.39 is 5.60 Å². The summed E-state index contributed by atoms with van der Waals surface area (Å²) in [6.45, 7) is 4.45. The Morgan fingerprint density at radius 3 is 2.31 bits per heavy atom. The molecule has 1 atom stereocenters. The minimum atomic E-state index is -0.841. The first-order valence-corrected chi connectivity index (χ1v) is 7.14. The molecule has 0 aromatic carbocycles. The summed E-state index contributed by atoms with van der Waals surface area (Å²) in [5, 5.41) is 20.5. The quantitative estimate of drug-likeness (QED) is 0.774. The highest BCUT2D eigenvalue weighted by Gasteiger charge is 2.56. The van der Waals surface area contributed by atoms with Crippen molar-refractivity contribution in [3.8, 4) is 0 Å². The van der Waals surface area contributed by atoms with Crippen LogP contribution in [0.2, 0.25) is 0 Å². The zero-order valence-corrected chi connectivity index (χ0v) is 11.0. The van der Waals surface area contributed by atoms with Gasteiger partial charge in [0.25, 0.3) is 0 Å². The average molecular weight is 246 g/mol. The summed E-state index contributed by atoms with van der Waals surface area (Å²) >= 11 is 1.91. The maximum absolute atomic E-state index is 10.8. The van der Waals surface area contributed by atoms with Crippen LogP contribution in [-0.4, -0.2) is 46.1 Å². The Morgan fingerprint density at radius 2 is 1.88 bits per heavy atom. The van der Waals surface area contributed by atoms with E-state index in [-0.39, 0.29) is 17.6 Å². The predicted octanol–water partition coefficient (Wildman–Crippen LogP) is 1.42. The lowest BCUT2D eigenvalue weighted by molar-refractivity contribution is -0.115. The second kappa shape index (κ2) is 4.16. The summed E-state index contributed by atoms with van der Waals surface area (Å²) in [7, 11) is 0. The second-order valence-corrected chi connectivity index (χ2v) is 7.03. The summed E-state index contributed by atoms with van der Waals surface area (Å²) < 4.78 is 5.67. The molecule has 2 aliphatic heterocycles. The molecule has 4 heteroatoms. The van der Waals surface area contributed by atoms with Gasteiger partial charge in [0.05, 0.1) is 24.4 Å². The maximum Gasteiger partial charge on any atom is 0.0985 e. The molecule has 94 valence electrons. The largest absolute Gasteiger partial charge is 0.396 e. The normalized spacial score (nSPS) is 37.5. The Labute approximate surface area is 102 Å². The van der Waals surface area contributed by atoms with Gasteiger partial charge in [-0.3, -0.25) is 0 Å². The highest BCUT2D eigenvalue weighted by Crippen LogP contribution is 2.50. The summed E-state index contributed by atoms with van der Waals surface area (Å²) in [6, 6.07) is 0. The SMILES string of the molecule is CC1(C)CC(O)(C2(CO)CCSCC2)CO1. The fraction of sp³-hybridized carbons (Fsp3) is 1.00. The lowest BCUT2D eigenvalue weighted by Crippen LogP contribution is -2.53. The van der Waals surface area contributed by atoms with Crippen LogP contribution in [0.1, 0.15) is 33.1 Å². The number of ether oxygens (including phenoxy) is 1. The molecule has 16 heavy (non-hydrogen) atoms. The van der Waals surface area contributed by atoms with Crippen molar-refractivity contribution in [3.63, 3.8) is 0 Å². The van der Waals surface area contributed by atoms with Crippen molar-refractivity contribution in [1.29, 1.82) is 0 Å². The Bertz CT molecular complexity index is 261. The third kappa shape index (κ3) is 2.01. The minimum absolute atomic E-state index is 0.0729. The van der Waals surface area contributed by atoms with Gasteiger partial charge in [0, 0.05) is 11.8 Å². The number of aliphatic hydroxyl groups is 2. The van der Waals surface area contributed by atoms with Crippen LogP contribution in [0.15, 0.2) is 0 Å². The molecule has 2 rings (SSSR count). The zero-order valence-electron chi connectivity index (χ0n) is 10.2. The summed E-state index contributed by atoms with van der Waals surface area (Å²) in [5.41, 5.74) is -1.44. The van der Waals surface area contributed by atoms with Crippen LogP contribution in [0.4, 0.5) is 0 Å². The first-order valence-electron chi connectivity index (χ1n) is 5.98. The molecule has 2 fully saturated rings. The van der Waals surface area contributed by atoms with Crippen LogP contribution in [-0.2, 0) is 4.74 Å². The number of aliphatic hydroxyl groups excluding tert-OH is 1. The first-order chi connectivity index (χ1) is 7.43. The molecular weight excluding hydrogens is 224 g/mol. The molecule has 0 bridgehead atoms. The molecule has 2 N–H and O–H groups in total. The van der Waals surface area contributed by atoms with Crippen molar-refractivity contribution in [3.05, 3.63) is 0 Å².